The van der Waals surface area contributed by atoms with Crippen molar-refractivity contribution in [1.82, 2.24) is 10.2 Å². The number of para-hydroxylation sites is 1. The summed E-state index contributed by atoms with van der Waals surface area (Å²) in [4.78, 5) is 0. The Kier molecular flexibility index (Phi) is 6.21. The van der Waals surface area contributed by atoms with Gasteiger partial charge in [-0.3, -0.25) is 5.10 Å². The molecule has 3 rings (SSSR count). The van der Waals surface area contributed by atoms with Crippen molar-refractivity contribution in [2.45, 2.75) is 56.9 Å². The predicted molar refractivity (Wildman–Crippen MR) is 98.0 cm³/mol. The highest BCUT2D eigenvalue weighted by Gasteiger charge is 2.45. The minimum absolute atomic E-state index is 0.0838. The van der Waals surface area contributed by atoms with Gasteiger partial charge >= 0.3 is 0 Å². The summed E-state index contributed by atoms with van der Waals surface area (Å²) in [7, 11) is 0. The Morgan fingerprint density at radius 1 is 1.14 bits per heavy atom. The lowest BCUT2D eigenvalue weighted by Crippen LogP contribution is -2.60. The molecule has 0 saturated carbocycles. The first kappa shape index (κ1) is 20.6. The van der Waals surface area contributed by atoms with E-state index in [1.807, 2.05) is 19.9 Å². The van der Waals surface area contributed by atoms with Gasteiger partial charge in [-0.2, -0.15) is 0 Å². The number of aliphatic hydroxyl groups excluding tert-OH is 4. The number of ether oxygens (including phenoxy) is 2. The number of nitrogens with one attached hydrogen (secondary N) is 1. The fourth-order valence-corrected chi connectivity index (χ4v) is 3.23. The molecule has 0 spiro atoms. The van der Waals surface area contributed by atoms with Crippen LogP contribution in [0.2, 0.25) is 0 Å². The largest absolute Gasteiger partial charge is 0.508 e. The van der Waals surface area contributed by atoms with Crippen LogP contribution in [0.15, 0.2) is 24.3 Å². The molecule has 6 N–H and O–H groups in total. The zero-order valence-electron chi connectivity index (χ0n) is 15.7. The molecule has 1 aromatic heterocycles. The van der Waals surface area contributed by atoms with Crippen LogP contribution in [-0.4, -0.2) is 73.0 Å². The zero-order valence-corrected chi connectivity index (χ0v) is 15.7. The minimum Gasteiger partial charge on any atom is -0.508 e. The molecule has 9 nitrogen and oxygen atoms in total. The molecule has 5 atom stereocenters. The van der Waals surface area contributed by atoms with Gasteiger partial charge in [0.2, 0.25) is 12.2 Å². The number of phenols is 1. The monoisotopic (exact) mass is 394 g/mol. The average Bonchev–Trinajstić information content (AvgIpc) is 3.06. The van der Waals surface area contributed by atoms with Gasteiger partial charge in [0.15, 0.2) is 0 Å². The Bertz CT molecular complexity index is 792. The lowest BCUT2D eigenvalue weighted by Gasteiger charge is -2.39. The molecule has 1 aliphatic rings. The predicted octanol–water partition coefficient (Wildman–Crippen LogP) is 0.00820. The van der Waals surface area contributed by atoms with Gasteiger partial charge in [0.25, 0.3) is 0 Å². The van der Waals surface area contributed by atoms with Crippen molar-refractivity contribution in [2.75, 3.05) is 6.61 Å². The fourth-order valence-electron chi connectivity index (χ4n) is 3.23. The Labute approximate surface area is 162 Å². The van der Waals surface area contributed by atoms with Crippen molar-refractivity contribution in [3.63, 3.8) is 0 Å². The van der Waals surface area contributed by atoms with Crippen LogP contribution in [0.1, 0.15) is 36.6 Å². The highest BCUT2D eigenvalue weighted by atomic mass is 16.7. The topological polar surface area (TPSA) is 148 Å². The van der Waals surface area contributed by atoms with E-state index < -0.39 is 37.3 Å². The lowest BCUT2D eigenvalue weighted by molar-refractivity contribution is -0.278. The van der Waals surface area contributed by atoms with E-state index in [0.717, 1.165) is 5.69 Å². The van der Waals surface area contributed by atoms with E-state index in [0.29, 0.717) is 17.5 Å². The van der Waals surface area contributed by atoms with Crippen LogP contribution in [0.3, 0.4) is 0 Å². The van der Waals surface area contributed by atoms with E-state index in [4.69, 9.17) is 9.47 Å². The highest BCUT2D eigenvalue weighted by Crippen LogP contribution is 2.32. The van der Waals surface area contributed by atoms with Crippen molar-refractivity contribution in [3.8, 4) is 11.6 Å². The van der Waals surface area contributed by atoms with Gasteiger partial charge < -0.3 is 35.0 Å². The number of phenolic OH excluding ortho intramolecular Hbond substituents is 1. The molecule has 0 radical (unpaired) electrons. The Balaban J connectivity index is 1.89. The van der Waals surface area contributed by atoms with Crippen molar-refractivity contribution in [2.24, 2.45) is 0 Å². The summed E-state index contributed by atoms with van der Waals surface area (Å²) in [6, 6.07) is 6.90. The summed E-state index contributed by atoms with van der Waals surface area (Å²) in [5.41, 5.74) is 2.14. The maximum atomic E-state index is 10.2. The second kappa shape index (κ2) is 8.46. The van der Waals surface area contributed by atoms with Crippen LogP contribution < -0.4 is 4.74 Å². The van der Waals surface area contributed by atoms with Crippen LogP contribution in [0.25, 0.3) is 0 Å². The van der Waals surface area contributed by atoms with Gasteiger partial charge in [0.05, 0.1) is 6.61 Å². The Morgan fingerprint density at radius 3 is 2.50 bits per heavy atom. The van der Waals surface area contributed by atoms with E-state index in [2.05, 4.69) is 10.2 Å². The molecule has 0 amide bonds. The highest BCUT2D eigenvalue weighted by molar-refractivity contribution is 5.42. The minimum atomic E-state index is -1.54. The number of H-pyrrole nitrogens is 1. The SMILES string of the molecule is CC(C)c1[nH]nc(OC2O[C@H](CO)[C@@H](O)[C@H](O)[C@H]2O)c1Cc1ccccc1O. The number of hydrogen-bond donors (Lipinski definition) is 6. The summed E-state index contributed by atoms with van der Waals surface area (Å²) >= 11 is 0. The number of hydrogen-bond acceptors (Lipinski definition) is 8. The van der Waals surface area contributed by atoms with Gasteiger partial charge in [-0.15, -0.1) is 5.10 Å². The number of aromatic amines is 1. The molecule has 1 aliphatic heterocycles. The molecule has 1 fully saturated rings. The molecule has 2 aromatic rings. The maximum absolute atomic E-state index is 10.2. The van der Waals surface area contributed by atoms with Gasteiger partial charge in [-0.25, -0.2) is 0 Å². The van der Waals surface area contributed by atoms with Crippen molar-refractivity contribution in [3.05, 3.63) is 41.1 Å². The summed E-state index contributed by atoms with van der Waals surface area (Å²) in [6.07, 6.45) is -6.62. The smallest absolute Gasteiger partial charge is 0.238 e. The summed E-state index contributed by atoms with van der Waals surface area (Å²) in [6.45, 7) is 3.40. The molecular formula is C19H26N2O7. The van der Waals surface area contributed by atoms with E-state index in [1.165, 1.54) is 0 Å². The zero-order chi connectivity index (χ0) is 20.4. The quantitative estimate of drug-likeness (QED) is 0.401. The first-order valence-electron chi connectivity index (χ1n) is 9.14. The summed E-state index contributed by atoms with van der Waals surface area (Å²) in [5.74, 6) is 0.369. The van der Waals surface area contributed by atoms with Gasteiger partial charge in [-0.05, 0) is 17.5 Å². The van der Waals surface area contributed by atoms with E-state index in [-0.39, 0.29) is 17.5 Å². The Morgan fingerprint density at radius 2 is 1.86 bits per heavy atom. The number of benzene rings is 1. The maximum Gasteiger partial charge on any atom is 0.238 e. The second-order valence-electron chi connectivity index (χ2n) is 7.20. The van der Waals surface area contributed by atoms with Crippen LogP contribution >= 0.6 is 0 Å². The second-order valence-corrected chi connectivity index (χ2v) is 7.20. The van der Waals surface area contributed by atoms with Crippen LogP contribution in [-0.2, 0) is 11.2 Å². The third-order valence-corrected chi connectivity index (χ3v) is 4.87. The molecular weight excluding hydrogens is 368 g/mol. The Hall–Kier alpha value is -2.17. The van der Waals surface area contributed by atoms with Gasteiger partial charge in [-0.1, -0.05) is 32.0 Å². The fraction of sp³-hybridized carbons (Fsp3) is 0.526. The number of aromatic nitrogens is 2. The van der Waals surface area contributed by atoms with Gasteiger partial charge in [0, 0.05) is 17.7 Å². The summed E-state index contributed by atoms with van der Waals surface area (Å²) in [5, 5.41) is 56.5. The van der Waals surface area contributed by atoms with E-state index >= 15 is 0 Å². The van der Waals surface area contributed by atoms with Gasteiger partial charge in [0.1, 0.15) is 30.2 Å². The van der Waals surface area contributed by atoms with Crippen molar-refractivity contribution < 1.29 is 35.0 Å². The molecule has 154 valence electrons. The molecule has 1 saturated heterocycles. The van der Waals surface area contributed by atoms with Crippen molar-refractivity contribution in [1.29, 1.82) is 0 Å². The molecule has 2 heterocycles. The number of aromatic hydroxyl groups is 1. The first-order valence-corrected chi connectivity index (χ1v) is 9.14. The molecule has 9 heteroatoms. The van der Waals surface area contributed by atoms with Crippen LogP contribution in [0.4, 0.5) is 0 Å². The standard InChI is InChI=1S/C19H26N2O7/c1-9(2)14-11(7-10-5-3-4-6-12(10)23)18(21-20-14)28-19-17(26)16(25)15(24)13(8-22)27-19/h3-6,9,13,15-17,19,22-26H,7-8H2,1-2H3,(H,20,21)/t13-,15-,16+,17-,19?/m1/s1. The molecule has 1 aromatic carbocycles. The molecule has 1 unspecified atom stereocenters. The molecule has 0 aliphatic carbocycles. The number of rotatable bonds is 6. The van der Waals surface area contributed by atoms with Crippen LogP contribution in [0, 0.1) is 0 Å². The van der Waals surface area contributed by atoms with E-state index in [1.54, 1.807) is 18.2 Å². The third-order valence-electron chi connectivity index (χ3n) is 4.87. The van der Waals surface area contributed by atoms with Crippen molar-refractivity contribution >= 4 is 0 Å². The van der Waals surface area contributed by atoms with Crippen LogP contribution in [0.5, 0.6) is 11.6 Å². The number of nitrogens with zero attached hydrogens (tertiary/aromatic N) is 1. The first-order chi connectivity index (χ1) is 13.3. The molecule has 28 heavy (non-hydrogen) atoms. The summed E-state index contributed by atoms with van der Waals surface area (Å²) < 4.78 is 11.1. The number of aliphatic hydroxyl groups is 4. The molecule has 0 bridgehead atoms. The lowest BCUT2D eigenvalue weighted by atomic mass is 9.98. The van der Waals surface area contributed by atoms with E-state index in [9.17, 15) is 25.5 Å². The normalized spacial score (nSPS) is 27.9. The third kappa shape index (κ3) is 3.98. The average molecular weight is 394 g/mol.